The number of rotatable bonds is 4. The summed E-state index contributed by atoms with van der Waals surface area (Å²) in [5, 5.41) is 27.6. The molecule has 1 aromatic carbocycles. The van der Waals surface area contributed by atoms with Crippen molar-refractivity contribution in [2.75, 3.05) is 0 Å². The summed E-state index contributed by atoms with van der Waals surface area (Å²) >= 11 is 0. The van der Waals surface area contributed by atoms with E-state index in [1.165, 1.54) is 4.68 Å². The quantitative estimate of drug-likeness (QED) is 0.852. The molecule has 0 saturated heterocycles. The Bertz CT molecular complexity index is 502. The number of aromatic nitrogens is 3. The Labute approximate surface area is 106 Å². The number of benzene rings is 1. The first-order chi connectivity index (χ1) is 8.47. The fraction of sp³-hybridized carbons (Fsp3) is 0.385. The first-order valence-corrected chi connectivity index (χ1v) is 5.83. The molecule has 0 aliphatic heterocycles. The summed E-state index contributed by atoms with van der Waals surface area (Å²) in [5.74, 6) is 0. The zero-order valence-corrected chi connectivity index (χ0v) is 10.5. The molecular formula is C13H17N3O2. The molecule has 0 bridgehead atoms. The minimum atomic E-state index is -1.02. The van der Waals surface area contributed by atoms with Crippen LogP contribution in [0, 0.1) is 0 Å². The van der Waals surface area contributed by atoms with Crippen LogP contribution in [0.5, 0.6) is 0 Å². The van der Waals surface area contributed by atoms with Gasteiger partial charge in [-0.25, -0.2) is 4.68 Å². The molecule has 0 spiro atoms. The molecule has 0 saturated carbocycles. The molecule has 96 valence electrons. The van der Waals surface area contributed by atoms with Crippen LogP contribution in [0.25, 0.3) is 0 Å². The molecule has 2 aromatic rings. The average molecular weight is 247 g/mol. The van der Waals surface area contributed by atoms with Gasteiger partial charge in [-0.05, 0) is 19.4 Å². The predicted molar refractivity (Wildman–Crippen MR) is 66.7 cm³/mol. The van der Waals surface area contributed by atoms with Crippen molar-refractivity contribution in [2.24, 2.45) is 0 Å². The summed E-state index contributed by atoms with van der Waals surface area (Å²) in [6.45, 7) is 3.61. The average Bonchev–Trinajstić information content (AvgIpc) is 2.78. The van der Waals surface area contributed by atoms with Gasteiger partial charge >= 0.3 is 0 Å². The molecule has 1 heterocycles. The van der Waals surface area contributed by atoms with E-state index < -0.39 is 11.7 Å². The molecule has 1 aromatic heterocycles. The van der Waals surface area contributed by atoms with Gasteiger partial charge in [-0.1, -0.05) is 35.5 Å². The SMILES string of the molecule is CC(C)(O)c1cn(CC(O)c2ccccc2)nn1. The standard InChI is InChI=1S/C13H17N3O2/c1-13(2,18)12-9-16(15-14-12)8-11(17)10-6-4-3-5-7-10/h3-7,9,11,17-18H,8H2,1-2H3. The summed E-state index contributed by atoms with van der Waals surface area (Å²) < 4.78 is 1.53. The summed E-state index contributed by atoms with van der Waals surface area (Å²) in [7, 11) is 0. The monoisotopic (exact) mass is 247 g/mol. The lowest BCUT2D eigenvalue weighted by molar-refractivity contribution is 0.0736. The molecule has 1 atom stereocenters. The van der Waals surface area contributed by atoms with Gasteiger partial charge < -0.3 is 10.2 Å². The fourth-order valence-corrected chi connectivity index (χ4v) is 1.63. The van der Waals surface area contributed by atoms with E-state index in [9.17, 15) is 10.2 Å². The van der Waals surface area contributed by atoms with Crippen LogP contribution in [0.15, 0.2) is 36.5 Å². The first kappa shape index (κ1) is 12.7. The van der Waals surface area contributed by atoms with Gasteiger partial charge in [0.1, 0.15) is 11.3 Å². The number of hydrogen-bond donors (Lipinski definition) is 2. The van der Waals surface area contributed by atoms with Crippen LogP contribution in [0.4, 0.5) is 0 Å². The highest BCUT2D eigenvalue weighted by Gasteiger charge is 2.20. The molecule has 0 aliphatic carbocycles. The zero-order chi connectivity index (χ0) is 13.2. The van der Waals surface area contributed by atoms with E-state index in [2.05, 4.69) is 10.3 Å². The van der Waals surface area contributed by atoms with Crippen LogP contribution < -0.4 is 0 Å². The topological polar surface area (TPSA) is 71.2 Å². The zero-order valence-electron chi connectivity index (χ0n) is 10.5. The third kappa shape index (κ3) is 2.94. The second kappa shape index (κ2) is 4.88. The van der Waals surface area contributed by atoms with Gasteiger partial charge in [0.25, 0.3) is 0 Å². The number of aliphatic hydroxyl groups is 2. The molecule has 0 aliphatic rings. The second-order valence-electron chi connectivity index (χ2n) is 4.81. The predicted octanol–water partition coefficient (Wildman–Crippen LogP) is 1.24. The Morgan fingerprint density at radius 3 is 2.50 bits per heavy atom. The van der Waals surface area contributed by atoms with E-state index in [0.717, 1.165) is 5.56 Å². The highest BCUT2D eigenvalue weighted by atomic mass is 16.3. The molecule has 0 amide bonds. The van der Waals surface area contributed by atoms with Crippen LogP contribution in [0.2, 0.25) is 0 Å². The second-order valence-corrected chi connectivity index (χ2v) is 4.81. The van der Waals surface area contributed by atoms with E-state index in [1.54, 1.807) is 20.0 Å². The van der Waals surface area contributed by atoms with E-state index in [0.29, 0.717) is 12.2 Å². The Morgan fingerprint density at radius 2 is 1.94 bits per heavy atom. The highest BCUT2D eigenvalue weighted by molar-refractivity contribution is 5.17. The van der Waals surface area contributed by atoms with Gasteiger partial charge in [0.05, 0.1) is 18.8 Å². The normalized spacial score (nSPS) is 13.6. The van der Waals surface area contributed by atoms with Crippen LogP contribution in [-0.4, -0.2) is 25.2 Å². The van der Waals surface area contributed by atoms with Gasteiger partial charge in [0.15, 0.2) is 0 Å². The molecule has 1 unspecified atom stereocenters. The van der Waals surface area contributed by atoms with Gasteiger partial charge in [-0.15, -0.1) is 5.10 Å². The van der Waals surface area contributed by atoms with Crippen LogP contribution in [0.1, 0.15) is 31.2 Å². The van der Waals surface area contributed by atoms with Crippen LogP contribution in [-0.2, 0) is 12.1 Å². The summed E-state index contributed by atoms with van der Waals surface area (Å²) in [5.41, 5.74) is 0.302. The molecule has 2 N–H and O–H groups in total. The maximum Gasteiger partial charge on any atom is 0.114 e. The molecule has 0 radical (unpaired) electrons. The van der Waals surface area contributed by atoms with Crippen molar-refractivity contribution in [1.82, 2.24) is 15.0 Å². The van der Waals surface area contributed by atoms with E-state index in [4.69, 9.17) is 0 Å². The van der Waals surface area contributed by atoms with Crippen LogP contribution in [0.3, 0.4) is 0 Å². The van der Waals surface area contributed by atoms with E-state index in [1.807, 2.05) is 30.3 Å². The lowest BCUT2D eigenvalue weighted by atomic mass is 10.1. The Balaban J connectivity index is 2.08. The van der Waals surface area contributed by atoms with Crippen molar-refractivity contribution >= 4 is 0 Å². The third-order valence-electron chi connectivity index (χ3n) is 2.71. The first-order valence-electron chi connectivity index (χ1n) is 5.83. The highest BCUT2D eigenvalue weighted by Crippen LogP contribution is 2.18. The van der Waals surface area contributed by atoms with E-state index in [-0.39, 0.29) is 0 Å². The Morgan fingerprint density at radius 1 is 1.28 bits per heavy atom. The van der Waals surface area contributed by atoms with Crippen molar-refractivity contribution in [1.29, 1.82) is 0 Å². The van der Waals surface area contributed by atoms with Crippen molar-refractivity contribution in [3.8, 4) is 0 Å². The van der Waals surface area contributed by atoms with Gasteiger partial charge in [-0.3, -0.25) is 0 Å². The van der Waals surface area contributed by atoms with Gasteiger partial charge in [-0.2, -0.15) is 0 Å². The molecule has 2 rings (SSSR count). The number of aliphatic hydroxyl groups excluding tert-OH is 1. The van der Waals surface area contributed by atoms with Crippen molar-refractivity contribution < 1.29 is 10.2 Å². The largest absolute Gasteiger partial charge is 0.386 e. The molecule has 18 heavy (non-hydrogen) atoms. The van der Waals surface area contributed by atoms with E-state index >= 15 is 0 Å². The van der Waals surface area contributed by atoms with Gasteiger partial charge in [0, 0.05) is 0 Å². The molecule has 0 fully saturated rings. The Hall–Kier alpha value is -1.72. The molecule has 5 nitrogen and oxygen atoms in total. The lowest BCUT2D eigenvalue weighted by Gasteiger charge is -2.12. The molecular weight excluding hydrogens is 230 g/mol. The van der Waals surface area contributed by atoms with Crippen molar-refractivity contribution in [3.63, 3.8) is 0 Å². The van der Waals surface area contributed by atoms with Crippen molar-refractivity contribution in [2.45, 2.75) is 32.1 Å². The van der Waals surface area contributed by atoms with Crippen molar-refractivity contribution in [3.05, 3.63) is 47.8 Å². The Kier molecular flexibility index (Phi) is 3.45. The fourth-order valence-electron chi connectivity index (χ4n) is 1.63. The summed E-state index contributed by atoms with van der Waals surface area (Å²) in [4.78, 5) is 0. The maximum absolute atomic E-state index is 10.0. The number of nitrogens with zero attached hydrogens (tertiary/aromatic N) is 3. The number of hydrogen-bond acceptors (Lipinski definition) is 4. The van der Waals surface area contributed by atoms with Crippen LogP contribution >= 0.6 is 0 Å². The minimum Gasteiger partial charge on any atom is -0.386 e. The minimum absolute atomic E-state index is 0.313. The summed E-state index contributed by atoms with van der Waals surface area (Å²) in [6, 6.07) is 9.37. The van der Waals surface area contributed by atoms with Gasteiger partial charge in [0.2, 0.25) is 0 Å². The lowest BCUT2D eigenvalue weighted by Crippen LogP contribution is -2.16. The maximum atomic E-state index is 10.0. The molecule has 5 heteroatoms. The third-order valence-corrected chi connectivity index (χ3v) is 2.71. The summed E-state index contributed by atoms with van der Waals surface area (Å²) in [6.07, 6.45) is 1.01. The smallest absolute Gasteiger partial charge is 0.114 e.